The Hall–Kier alpha value is -1.44. The van der Waals surface area contributed by atoms with Crippen molar-refractivity contribution in [2.75, 3.05) is 6.61 Å². The van der Waals surface area contributed by atoms with Crippen LogP contribution in [0, 0.1) is 5.92 Å². The number of ether oxygens (including phenoxy) is 1. The van der Waals surface area contributed by atoms with Gasteiger partial charge in [0.2, 0.25) is 0 Å². The lowest BCUT2D eigenvalue weighted by molar-refractivity contribution is -0.290. The molecule has 0 saturated carbocycles. The molecule has 0 radical (unpaired) electrons. The zero-order valence-corrected chi connectivity index (χ0v) is 10.1. The van der Waals surface area contributed by atoms with Crippen molar-refractivity contribution in [3.05, 3.63) is 29.3 Å². The van der Waals surface area contributed by atoms with Crippen molar-refractivity contribution in [1.29, 1.82) is 0 Å². The summed E-state index contributed by atoms with van der Waals surface area (Å²) in [6.45, 7) is 0.357. The zero-order valence-electron chi connectivity index (χ0n) is 10.1. The molecular formula is C12H11F6NO. The van der Waals surface area contributed by atoms with Crippen LogP contribution in [-0.2, 0) is 6.42 Å². The maximum Gasteiger partial charge on any atom is 0.402 e. The topological polar surface area (TPSA) is 35.2 Å². The number of rotatable bonds is 2. The molecule has 1 aromatic rings. The van der Waals surface area contributed by atoms with Crippen LogP contribution in [0.25, 0.3) is 0 Å². The molecule has 1 atom stereocenters. The Bertz CT molecular complexity index is 482. The van der Waals surface area contributed by atoms with Crippen LogP contribution in [0.15, 0.2) is 18.2 Å². The molecule has 1 aliphatic heterocycles. The van der Waals surface area contributed by atoms with E-state index in [1.807, 2.05) is 0 Å². The molecule has 0 amide bonds. The highest BCUT2D eigenvalue weighted by Crippen LogP contribution is 2.46. The van der Waals surface area contributed by atoms with Crippen LogP contribution in [0.1, 0.15) is 17.2 Å². The Labute approximate surface area is 110 Å². The summed E-state index contributed by atoms with van der Waals surface area (Å²) in [5.74, 6) is -3.12. The highest BCUT2D eigenvalue weighted by atomic mass is 19.4. The highest BCUT2D eigenvalue weighted by molar-refractivity contribution is 5.41. The number of fused-ring (bicyclic) bond motifs is 1. The largest absolute Gasteiger partial charge is 0.493 e. The van der Waals surface area contributed by atoms with E-state index in [0.29, 0.717) is 24.3 Å². The molecule has 2 N–H and O–H groups in total. The predicted octanol–water partition coefficient (Wildman–Crippen LogP) is 3.36. The van der Waals surface area contributed by atoms with Crippen LogP contribution >= 0.6 is 0 Å². The van der Waals surface area contributed by atoms with E-state index in [4.69, 9.17) is 10.5 Å². The molecule has 20 heavy (non-hydrogen) atoms. The Kier molecular flexibility index (Phi) is 3.62. The molecule has 0 fully saturated rings. The second-order valence-electron chi connectivity index (χ2n) is 4.55. The van der Waals surface area contributed by atoms with Crippen molar-refractivity contribution in [2.24, 2.45) is 11.7 Å². The third-order valence-corrected chi connectivity index (χ3v) is 3.16. The van der Waals surface area contributed by atoms with E-state index in [-0.39, 0.29) is 5.56 Å². The van der Waals surface area contributed by atoms with Crippen LogP contribution in [0.2, 0.25) is 0 Å². The molecule has 0 saturated heterocycles. The second kappa shape index (κ2) is 4.83. The first-order valence-electron chi connectivity index (χ1n) is 5.75. The van der Waals surface area contributed by atoms with E-state index in [9.17, 15) is 26.3 Å². The molecular weight excluding hydrogens is 288 g/mol. The highest BCUT2D eigenvalue weighted by Gasteiger charge is 2.59. The molecule has 1 aliphatic rings. The molecule has 2 nitrogen and oxygen atoms in total. The summed E-state index contributed by atoms with van der Waals surface area (Å²) in [5.41, 5.74) is 5.60. The van der Waals surface area contributed by atoms with Gasteiger partial charge in [0.1, 0.15) is 5.75 Å². The minimum atomic E-state index is -5.45. The molecule has 2 rings (SSSR count). The predicted molar refractivity (Wildman–Crippen MR) is 58.2 cm³/mol. The molecule has 0 aromatic heterocycles. The van der Waals surface area contributed by atoms with Gasteiger partial charge in [-0.25, -0.2) is 0 Å². The van der Waals surface area contributed by atoms with Gasteiger partial charge in [0.05, 0.1) is 12.6 Å². The lowest BCUT2D eigenvalue weighted by atomic mass is 9.91. The fraction of sp³-hybridized carbons (Fsp3) is 0.500. The first kappa shape index (κ1) is 15.0. The summed E-state index contributed by atoms with van der Waals surface area (Å²) in [7, 11) is 0. The number of hydrogen-bond acceptors (Lipinski definition) is 2. The molecule has 1 aromatic carbocycles. The third-order valence-electron chi connectivity index (χ3n) is 3.16. The van der Waals surface area contributed by atoms with Crippen molar-refractivity contribution in [3.63, 3.8) is 0 Å². The van der Waals surface area contributed by atoms with Crippen molar-refractivity contribution in [2.45, 2.75) is 24.8 Å². The number of nitrogens with two attached hydrogens (primary N) is 1. The van der Waals surface area contributed by atoms with Gasteiger partial charge in [-0.15, -0.1) is 0 Å². The smallest absolute Gasteiger partial charge is 0.402 e. The van der Waals surface area contributed by atoms with Crippen LogP contribution in [-0.4, -0.2) is 19.0 Å². The van der Waals surface area contributed by atoms with E-state index in [2.05, 4.69) is 0 Å². The minimum absolute atomic E-state index is 0.200. The van der Waals surface area contributed by atoms with Gasteiger partial charge in [-0.2, -0.15) is 26.3 Å². The average Bonchev–Trinajstić information content (AvgIpc) is 2.71. The Balaban J connectivity index is 2.35. The van der Waals surface area contributed by atoms with Gasteiger partial charge in [-0.3, -0.25) is 0 Å². The Morgan fingerprint density at radius 2 is 1.65 bits per heavy atom. The standard InChI is InChI=1S/C12H11F6NO/c13-11(14,15)10(12(16,17)18)9(19)7-1-2-8-6(5-7)3-4-20-8/h1-2,5,9-10H,3-4,19H2. The summed E-state index contributed by atoms with van der Waals surface area (Å²) < 4.78 is 80.8. The first-order chi connectivity index (χ1) is 9.10. The van der Waals surface area contributed by atoms with Gasteiger partial charge < -0.3 is 10.5 Å². The molecule has 0 spiro atoms. The SMILES string of the molecule is NC(c1ccc2c(c1)CCO2)C(C(F)(F)F)C(F)(F)F. The molecule has 1 heterocycles. The zero-order chi connectivity index (χ0) is 15.1. The summed E-state index contributed by atoms with van der Waals surface area (Å²) >= 11 is 0. The number of halogens is 6. The summed E-state index contributed by atoms with van der Waals surface area (Å²) in [4.78, 5) is 0. The molecule has 0 aliphatic carbocycles. The van der Waals surface area contributed by atoms with Crippen LogP contribution in [0.5, 0.6) is 5.75 Å². The minimum Gasteiger partial charge on any atom is -0.493 e. The van der Waals surface area contributed by atoms with E-state index >= 15 is 0 Å². The van der Waals surface area contributed by atoms with Gasteiger partial charge >= 0.3 is 12.4 Å². The monoisotopic (exact) mass is 299 g/mol. The van der Waals surface area contributed by atoms with Crippen LogP contribution < -0.4 is 10.5 Å². The van der Waals surface area contributed by atoms with Crippen molar-refractivity contribution < 1.29 is 31.1 Å². The Morgan fingerprint density at radius 3 is 2.20 bits per heavy atom. The lowest BCUT2D eigenvalue weighted by Crippen LogP contribution is -2.44. The average molecular weight is 299 g/mol. The van der Waals surface area contributed by atoms with E-state index in [1.165, 1.54) is 12.1 Å². The summed E-state index contributed by atoms with van der Waals surface area (Å²) in [5, 5.41) is 0. The van der Waals surface area contributed by atoms with Crippen molar-refractivity contribution in [1.82, 2.24) is 0 Å². The van der Waals surface area contributed by atoms with Gasteiger partial charge in [0, 0.05) is 6.42 Å². The van der Waals surface area contributed by atoms with Gasteiger partial charge in [0.15, 0.2) is 5.92 Å². The molecule has 0 bridgehead atoms. The third kappa shape index (κ3) is 2.84. The number of benzene rings is 1. The van der Waals surface area contributed by atoms with Crippen molar-refractivity contribution in [3.8, 4) is 5.75 Å². The maximum absolute atomic E-state index is 12.6. The normalized spacial score (nSPS) is 17.0. The fourth-order valence-corrected chi connectivity index (χ4v) is 2.20. The maximum atomic E-state index is 12.6. The van der Waals surface area contributed by atoms with Crippen LogP contribution in [0.4, 0.5) is 26.3 Å². The van der Waals surface area contributed by atoms with Crippen LogP contribution in [0.3, 0.4) is 0 Å². The fourth-order valence-electron chi connectivity index (χ4n) is 2.20. The summed E-state index contributed by atoms with van der Waals surface area (Å²) in [6.07, 6.45) is -10.5. The van der Waals surface area contributed by atoms with E-state index in [1.54, 1.807) is 0 Å². The van der Waals surface area contributed by atoms with E-state index in [0.717, 1.165) is 6.07 Å². The lowest BCUT2D eigenvalue weighted by Gasteiger charge is -2.28. The quantitative estimate of drug-likeness (QED) is 0.850. The van der Waals surface area contributed by atoms with Gasteiger partial charge in [-0.1, -0.05) is 12.1 Å². The first-order valence-corrected chi connectivity index (χ1v) is 5.75. The van der Waals surface area contributed by atoms with Gasteiger partial charge in [0.25, 0.3) is 0 Å². The van der Waals surface area contributed by atoms with Gasteiger partial charge in [-0.05, 0) is 17.2 Å². The van der Waals surface area contributed by atoms with E-state index < -0.39 is 24.3 Å². The number of hydrogen-bond donors (Lipinski definition) is 1. The summed E-state index contributed by atoms with van der Waals surface area (Å²) in [6, 6.07) is 1.54. The molecule has 112 valence electrons. The molecule has 8 heteroatoms. The Morgan fingerprint density at radius 1 is 1.05 bits per heavy atom. The second-order valence-corrected chi connectivity index (χ2v) is 4.55. The van der Waals surface area contributed by atoms with Crippen molar-refractivity contribution >= 4 is 0 Å². The molecule has 1 unspecified atom stereocenters. The number of alkyl halides is 6.